The van der Waals surface area contributed by atoms with Crippen molar-refractivity contribution in [3.05, 3.63) is 63.0 Å². The molecule has 3 amide bonds. The first-order valence-corrected chi connectivity index (χ1v) is 9.46. The van der Waals surface area contributed by atoms with Crippen molar-refractivity contribution in [3.8, 4) is 17.6 Å². The van der Waals surface area contributed by atoms with Crippen molar-refractivity contribution in [3.63, 3.8) is 0 Å². The van der Waals surface area contributed by atoms with Gasteiger partial charge in [0, 0.05) is 37.8 Å². The summed E-state index contributed by atoms with van der Waals surface area (Å²) in [7, 11) is 3.71. The molecule has 0 bridgehead atoms. The van der Waals surface area contributed by atoms with E-state index in [-0.39, 0.29) is 29.1 Å². The van der Waals surface area contributed by atoms with E-state index < -0.39 is 45.4 Å². The van der Waals surface area contributed by atoms with Crippen LogP contribution in [0.4, 0.5) is 20.6 Å². The quantitative estimate of drug-likeness (QED) is 0.156. The molecular formula is C21H20FN5O7. The fraction of sp³-hybridized carbons (Fsp3) is 0.190. The number of urea groups is 1. The number of nitriles is 1. The molecule has 12 nitrogen and oxygen atoms in total. The number of carbonyl (C=O) groups is 2. The van der Waals surface area contributed by atoms with Gasteiger partial charge in [-0.2, -0.15) is 5.26 Å². The average Bonchev–Trinajstić information content (AvgIpc) is 2.81. The van der Waals surface area contributed by atoms with Crippen molar-refractivity contribution < 1.29 is 33.9 Å². The van der Waals surface area contributed by atoms with Crippen molar-refractivity contribution >= 4 is 29.1 Å². The van der Waals surface area contributed by atoms with Crippen LogP contribution in [0.5, 0.6) is 11.5 Å². The van der Waals surface area contributed by atoms with Crippen LogP contribution in [0, 0.1) is 27.3 Å². The maximum Gasteiger partial charge on any atom is 0.319 e. The second-order valence-corrected chi connectivity index (χ2v) is 6.78. The first-order chi connectivity index (χ1) is 16.0. The lowest BCUT2D eigenvalue weighted by molar-refractivity contribution is -0.386. The van der Waals surface area contributed by atoms with Crippen LogP contribution in [-0.2, 0) is 11.3 Å². The number of ether oxygens (including phenoxy) is 1. The van der Waals surface area contributed by atoms with Gasteiger partial charge in [0.05, 0.1) is 17.7 Å². The Bertz CT molecular complexity index is 1220. The van der Waals surface area contributed by atoms with Crippen LogP contribution >= 0.6 is 0 Å². The number of likely N-dealkylation sites (N-methyl/N-ethyl adjacent to an activating group) is 1. The van der Waals surface area contributed by atoms with Gasteiger partial charge < -0.3 is 30.5 Å². The third kappa shape index (κ3) is 5.30. The van der Waals surface area contributed by atoms with E-state index >= 15 is 0 Å². The molecule has 0 saturated carbocycles. The number of carbonyl (C=O) groups excluding carboxylic acids is 2. The normalized spacial score (nSPS) is 11.0. The van der Waals surface area contributed by atoms with Crippen LogP contribution in [0.1, 0.15) is 11.1 Å². The number of rotatable bonds is 7. The van der Waals surface area contributed by atoms with E-state index in [2.05, 4.69) is 10.6 Å². The van der Waals surface area contributed by atoms with E-state index in [1.165, 1.54) is 38.4 Å². The van der Waals surface area contributed by atoms with Gasteiger partial charge in [0.2, 0.25) is 5.75 Å². The molecule has 0 aliphatic heterocycles. The summed E-state index contributed by atoms with van der Waals surface area (Å²) < 4.78 is 19.6. The highest BCUT2D eigenvalue weighted by Gasteiger charge is 2.26. The summed E-state index contributed by atoms with van der Waals surface area (Å²) in [6.07, 6.45) is 0. The second kappa shape index (κ2) is 10.6. The highest BCUT2D eigenvalue weighted by molar-refractivity contribution is 6.03. The zero-order valence-electron chi connectivity index (χ0n) is 18.2. The third-order valence-electron chi connectivity index (χ3n) is 4.62. The predicted molar refractivity (Wildman–Crippen MR) is 117 cm³/mol. The van der Waals surface area contributed by atoms with E-state index in [1.54, 1.807) is 0 Å². The number of aromatic hydroxyl groups is 1. The Hall–Kier alpha value is -4.86. The average molecular weight is 473 g/mol. The lowest BCUT2D eigenvalue weighted by atomic mass is 10.1. The van der Waals surface area contributed by atoms with Crippen molar-refractivity contribution in [1.82, 2.24) is 10.2 Å². The van der Waals surface area contributed by atoms with Crippen molar-refractivity contribution in [2.24, 2.45) is 0 Å². The number of halogens is 1. The standard InChI is InChI=1S/C21H20FN5O7/c1-24-21(31)25-14-6-4-5-11(17(14)22)10-26(2)20(30)13(9-23)18(28)12-7-15(27(32)33)19(29)16(8-12)34-3/h4-8,28-29H,10H2,1-3H3,(H2,24,25,31)/b18-13-. The van der Waals surface area contributed by atoms with Crippen LogP contribution in [-0.4, -0.2) is 53.2 Å². The molecule has 0 unspecified atom stereocenters. The van der Waals surface area contributed by atoms with Gasteiger partial charge in [-0.1, -0.05) is 12.1 Å². The van der Waals surface area contributed by atoms with Crippen LogP contribution in [0.2, 0.25) is 0 Å². The molecule has 2 aromatic rings. The van der Waals surface area contributed by atoms with E-state index in [0.717, 1.165) is 24.1 Å². The summed E-state index contributed by atoms with van der Waals surface area (Å²) in [5, 5.41) is 45.6. The SMILES string of the molecule is CNC(=O)Nc1cccc(CN(C)C(=O)/C(C#N)=C(\O)c2cc(OC)c(O)c([N+](=O)[O-])c2)c1F. The monoisotopic (exact) mass is 473 g/mol. The Labute approximate surface area is 192 Å². The van der Waals surface area contributed by atoms with E-state index in [1.807, 2.05) is 0 Å². The van der Waals surface area contributed by atoms with Gasteiger partial charge in [-0.15, -0.1) is 0 Å². The van der Waals surface area contributed by atoms with Crippen LogP contribution < -0.4 is 15.4 Å². The van der Waals surface area contributed by atoms with Gasteiger partial charge in [-0.25, -0.2) is 9.18 Å². The number of methoxy groups -OCH3 is 1. The minimum absolute atomic E-state index is 0.00322. The van der Waals surface area contributed by atoms with E-state index in [9.17, 15) is 39.6 Å². The molecule has 34 heavy (non-hydrogen) atoms. The van der Waals surface area contributed by atoms with Gasteiger partial charge in [0.15, 0.2) is 17.1 Å². The number of nitrogens with zero attached hydrogens (tertiary/aromatic N) is 3. The summed E-state index contributed by atoms with van der Waals surface area (Å²) in [6.45, 7) is -0.342. The maximum atomic E-state index is 14.7. The van der Waals surface area contributed by atoms with Crippen molar-refractivity contribution in [2.45, 2.75) is 6.54 Å². The van der Waals surface area contributed by atoms with Crippen molar-refractivity contribution in [2.75, 3.05) is 26.5 Å². The molecule has 2 rings (SSSR count). The van der Waals surface area contributed by atoms with Crippen LogP contribution in [0.15, 0.2) is 35.9 Å². The van der Waals surface area contributed by atoms with Gasteiger partial charge in [-0.05, 0) is 12.1 Å². The van der Waals surface area contributed by atoms with E-state index in [4.69, 9.17) is 4.74 Å². The molecule has 4 N–H and O–H groups in total. The molecule has 13 heteroatoms. The van der Waals surface area contributed by atoms with Gasteiger partial charge in [-0.3, -0.25) is 14.9 Å². The molecule has 0 spiro atoms. The third-order valence-corrected chi connectivity index (χ3v) is 4.62. The number of phenols is 1. The second-order valence-electron chi connectivity index (χ2n) is 6.78. The largest absolute Gasteiger partial charge is 0.506 e. The number of hydrogen-bond donors (Lipinski definition) is 4. The number of aliphatic hydroxyl groups is 1. The summed E-state index contributed by atoms with van der Waals surface area (Å²) >= 11 is 0. The molecule has 0 aromatic heterocycles. The summed E-state index contributed by atoms with van der Waals surface area (Å²) in [4.78, 5) is 35.5. The first kappa shape index (κ1) is 25.4. The Morgan fingerprint density at radius 1 is 1.35 bits per heavy atom. The van der Waals surface area contributed by atoms with Crippen LogP contribution in [0.25, 0.3) is 5.76 Å². The molecule has 178 valence electrons. The molecule has 0 atom stereocenters. The first-order valence-electron chi connectivity index (χ1n) is 9.46. The number of benzene rings is 2. The van der Waals surface area contributed by atoms with Gasteiger partial charge in [0.25, 0.3) is 5.91 Å². The summed E-state index contributed by atoms with van der Waals surface area (Å²) in [5.74, 6) is -3.89. The maximum absolute atomic E-state index is 14.7. The fourth-order valence-corrected chi connectivity index (χ4v) is 2.87. The number of amides is 3. The lowest BCUT2D eigenvalue weighted by Crippen LogP contribution is -2.29. The highest BCUT2D eigenvalue weighted by Crippen LogP contribution is 2.38. The number of phenolic OH excluding ortho intramolecular Hbond substituents is 1. The number of aliphatic hydroxyl groups excluding tert-OH is 1. The number of nitro benzene ring substituents is 1. The van der Waals surface area contributed by atoms with Gasteiger partial charge >= 0.3 is 11.7 Å². The Morgan fingerprint density at radius 2 is 2.03 bits per heavy atom. The highest BCUT2D eigenvalue weighted by atomic mass is 19.1. The number of anilines is 1. The number of hydrogen-bond acceptors (Lipinski definition) is 8. The molecule has 0 heterocycles. The number of nitro groups is 1. The molecule has 0 saturated heterocycles. The molecular weight excluding hydrogens is 453 g/mol. The van der Waals surface area contributed by atoms with Crippen LogP contribution in [0.3, 0.4) is 0 Å². The molecule has 0 aliphatic rings. The minimum Gasteiger partial charge on any atom is -0.506 e. The summed E-state index contributed by atoms with van der Waals surface area (Å²) in [6, 6.07) is 6.78. The lowest BCUT2D eigenvalue weighted by Gasteiger charge is -2.19. The Balaban J connectivity index is 2.42. The number of nitrogens with one attached hydrogen (secondary N) is 2. The fourth-order valence-electron chi connectivity index (χ4n) is 2.87. The molecule has 0 fully saturated rings. The Kier molecular flexibility index (Phi) is 7.95. The summed E-state index contributed by atoms with van der Waals surface area (Å²) in [5.41, 5.74) is -2.07. The topological polar surface area (TPSA) is 178 Å². The zero-order chi connectivity index (χ0) is 25.6. The zero-order valence-corrected chi connectivity index (χ0v) is 18.2. The molecule has 0 aliphatic carbocycles. The smallest absolute Gasteiger partial charge is 0.319 e. The Morgan fingerprint density at radius 3 is 2.59 bits per heavy atom. The van der Waals surface area contributed by atoms with E-state index in [0.29, 0.717) is 0 Å². The minimum atomic E-state index is -1.02. The van der Waals surface area contributed by atoms with Gasteiger partial charge in [0.1, 0.15) is 11.8 Å². The molecule has 0 radical (unpaired) electrons. The molecule has 2 aromatic carbocycles. The predicted octanol–water partition coefficient (Wildman–Crippen LogP) is 2.65. The van der Waals surface area contributed by atoms with Crippen molar-refractivity contribution in [1.29, 1.82) is 5.26 Å².